The molecule has 0 bridgehead atoms. The minimum atomic E-state index is 0.355. The molecule has 0 aliphatic carbocycles. The van der Waals surface area contributed by atoms with Gasteiger partial charge in [0.2, 0.25) is 0 Å². The van der Waals surface area contributed by atoms with Crippen LogP contribution in [0.2, 0.25) is 0 Å². The molecule has 5 rings (SSSR count). The van der Waals surface area contributed by atoms with Gasteiger partial charge in [-0.1, -0.05) is 64.1 Å². The Morgan fingerprint density at radius 2 is 0.675 bits per heavy atom. The zero-order valence-corrected chi connectivity index (χ0v) is 23.5. The molecule has 4 heteroatoms. The molecule has 0 unspecified atom stereocenters. The highest BCUT2D eigenvalue weighted by Crippen LogP contribution is 2.43. The second-order valence-electron chi connectivity index (χ2n) is 10.7. The van der Waals surface area contributed by atoms with E-state index in [1.807, 2.05) is 72.8 Å². The minimum absolute atomic E-state index is 0.355. The second-order valence-corrected chi connectivity index (χ2v) is 10.7. The first-order chi connectivity index (χ1) is 19.3. The summed E-state index contributed by atoms with van der Waals surface area (Å²) in [4.78, 5) is 0. The lowest BCUT2D eigenvalue weighted by molar-refractivity contribution is 0.482. The highest BCUT2D eigenvalue weighted by molar-refractivity contribution is 5.89. The maximum atomic E-state index is 6.07. The topological polar surface area (TPSA) is 70.5 Å². The third-order valence-electron chi connectivity index (χ3n) is 7.03. The molecule has 0 aliphatic heterocycles. The quantitative estimate of drug-likeness (QED) is 0.197. The highest BCUT2D eigenvalue weighted by atomic mass is 16.5. The van der Waals surface area contributed by atoms with Gasteiger partial charge in [0, 0.05) is 11.4 Å². The van der Waals surface area contributed by atoms with Crippen molar-refractivity contribution in [3.05, 3.63) is 120 Å². The van der Waals surface area contributed by atoms with Crippen LogP contribution < -0.4 is 20.9 Å². The van der Waals surface area contributed by atoms with Gasteiger partial charge in [-0.3, -0.25) is 0 Å². The minimum Gasteiger partial charge on any atom is -0.457 e. The van der Waals surface area contributed by atoms with Crippen molar-refractivity contribution in [2.75, 3.05) is 11.5 Å². The average Bonchev–Trinajstić information content (AvgIpc) is 2.95. The molecule has 40 heavy (non-hydrogen) atoms. The molecule has 0 radical (unpaired) electrons. The molecule has 5 aromatic carbocycles. The van der Waals surface area contributed by atoms with Crippen LogP contribution in [0.1, 0.15) is 50.7 Å². The first-order valence-electron chi connectivity index (χ1n) is 13.7. The van der Waals surface area contributed by atoms with E-state index in [1.165, 1.54) is 22.3 Å². The summed E-state index contributed by atoms with van der Waals surface area (Å²) in [6.07, 6.45) is 0. The molecule has 0 atom stereocenters. The summed E-state index contributed by atoms with van der Waals surface area (Å²) in [5, 5.41) is 0. The highest BCUT2D eigenvalue weighted by Gasteiger charge is 2.20. The largest absolute Gasteiger partial charge is 0.457 e. The predicted octanol–water partition coefficient (Wildman–Crippen LogP) is 10.0. The third-order valence-corrected chi connectivity index (χ3v) is 7.03. The number of hydrogen-bond acceptors (Lipinski definition) is 4. The van der Waals surface area contributed by atoms with Crippen LogP contribution in [-0.2, 0) is 0 Å². The molecule has 0 aromatic heterocycles. The van der Waals surface area contributed by atoms with Crippen LogP contribution in [0.5, 0.6) is 23.0 Å². The maximum Gasteiger partial charge on any atom is 0.127 e. The van der Waals surface area contributed by atoms with Crippen molar-refractivity contribution in [3.63, 3.8) is 0 Å². The number of nitrogens with two attached hydrogens (primary N) is 2. The Hall–Kier alpha value is -4.70. The van der Waals surface area contributed by atoms with Crippen LogP contribution in [0.3, 0.4) is 0 Å². The van der Waals surface area contributed by atoms with Crippen molar-refractivity contribution < 1.29 is 9.47 Å². The van der Waals surface area contributed by atoms with E-state index in [0.29, 0.717) is 23.2 Å². The SMILES string of the molecule is CC(C)c1ccc(C(C)C)c(-c2ccc(Oc3ccc(N)cc3)cc2)c1-c1ccc(Oc2ccc(N)cc2)cc1. The number of ether oxygens (including phenoxy) is 2. The number of rotatable bonds is 8. The number of nitrogen functional groups attached to an aromatic ring is 2. The summed E-state index contributed by atoms with van der Waals surface area (Å²) in [5.74, 6) is 3.79. The van der Waals surface area contributed by atoms with Gasteiger partial charge in [0.25, 0.3) is 0 Å². The van der Waals surface area contributed by atoms with E-state index in [4.69, 9.17) is 20.9 Å². The molecule has 5 aromatic rings. The van der Waals surface area contributed by atoms with Gasteiger partial charge < -0.3 is 20.9 Å². The monoisotopic (exact) mass is 528 g/mol. The zero-order chi connectivity index (χ0) is 28.2. The van der Waals surface area contributed by atoms with Crippen LogP contribution in [0.15, 0.2) is 109 Å². The lowest BCUT2D eigenvalue weighted by Gasteiger charge is -2.23. The fourth-order valence-electron chi connectivity index (χ4n) is 4.94. The standard InChI is InChI=1S/C36H36N2O2/c1-23(2)33-21-22-34(24(3)4)36(26-7-15-30(16-8-26)40-32-19-11-28(38)12-20-32)35(33)25-5-13-29(14-6-25)39-31-17-9-27(37)10-18-31/h5-24H,37-38H2,1-4H3. The fourth-order valence-corrected chi connectivity index (χ4v) is 4.94. The molecule has 202 valence electrons. The van der Waals surface area contributed by atoms with Crippen LogP contribution >= 0.6 is 0 Å². The molecular formula is C36H36N2O2. The summed E-state index contributed by atoms with van der Waals surface area (Å²) < 4.78 is 12.1. The van der Waals surface area contributed by atoms with Crippen LogP contribution in [0, 0.1) is 0 Å². The van der Waals surface area contributed by atoms with Crippen molar-refractivity contribution in [3.8, 4) is 45.3 Å². The third kappa shape index (κ3) is 5.97. The van der Waals surface area contributed by atoms with Crippen molar-refractivity contribution in [2.45, 2.75) is 39.5 Å². The molecular weight excluding hydrogens is 492 g/mol. The maximum absolute atomic E-state index is 6.07. The molecule has 4 nitrogen and oxygen atoms in total. The van der Waals surface area contributed by atoms with E-state index in [0.717, 1.165) is 34.1 Å². The summed E-state index contributed by atoms with van der Waals surface area (Å²) in [6, 6.07) is 36.2. The number of anilines is 2. The number of benzene rings is 5. The lowest BCUT2D eigenvalue weighted by Crippen LogP contribution is -2.01. The van der Waals surface area contributed by atoms with Crippen LogP contribution in [0.4, 0.5) is 11.4 Å². The Morgan fingerprint density at radius 1 is 0.400 bits per heavy atom. The van der Waals surface area contributed by atoms with E-state index >= 15 is 0 Å². The van der Waals surface area contributed by atoms with Crippen LogP contribution in [-0.4, -0.2) is 0 Å². The molecule has 0 saturated heterocycles. The first kappa shape index (κ1) is 26.9. The molecule has 0 aliphatic rings. The Morgan fingerprint density at radius 3 is 0.950 bits per heavy atom. The van der Waals surface area contributed by atoms with Gasteiger partial charge in [0.15, 0.2) is 0 Å². The Labute approximate surface area is 237 Å². The molecule has 0 fully saturated rings. The normalized spacial score (nSPS) is 11.2. The van der Waals surface area contributed by atoms with E-state index in [1.54, 1.807) is 0 Å². The van der Waals surface area contributed by atoms with Gasteiger partial charge >= 0.3 is 0 Å². The zero-order valence-electron chi connectivity index (χ0n) is 23.5. The molecule has 0 amide bonds. The molecule has 4 N–H and O–H groups in total. The second kappa shape index (κ2) is 11.6. The first-order valence-corrected chi connectivity index (χ1v) is 13.7. The average molecular weight is 529 g/mol. The number of hydrogen-bond donors (Lipinski definition) is 2. The van der Waals surface area contributed by atoms with Crippen LogP contribution in [0.25, 0.3) is 22.3 Å². The van der Waals surface area contributed by atoms with Crippen molar-refractivity contribution >= 4 is 11.4 Å². The van der Waals surface area contributed by atoms with E-state index in [-0.39, 0.29) is 0 Å². The predicted molar refractivity (Wildman–Crippen MR) is 167 cm³/mol. The molecule has 0 saturated carbocycles. The van der Waals surface area contributed by atoms with Gasteiger partial charge in [0.1, 0.15) is 23.0 Å². The van der Waals surface area contributed by atoms with Gasteiger partial charge in [0.05, 0.1) is 0 Å². The van der Waals surface area contributed by atoms with Crippen molar-refractivity contribution in [2.24, 2.45) is 0 Å². The van der Waals surface area contributed by atoms with E-state index in [2.05, 4.69) is 64.1 Å². The summed E-state index contributed by atoms with van der Waals surface area (Å²) in [7, 11) is 0. The lowest BCUT2D eigenvalue weighted by atomic mass is 9.81. The van der Waals surface area contributed by atoms with Gasteiger partial charge in [-0.25, -0.2) is 0 Å². The van der Waals surface area contributed by atoms with Gasteiger partial charge in [-0.05, 0) is 118 Å². The summed E-state index contributed by atoms with van der Waals surface area (Å²) in [6.45, 7) is 9.00. The molecule has 0 spiro atoms. The Bertz CT molecular complexity index is 1450. The fraction of sp³-hybridized carbons (Fsp3) is 0.167. The van der Waals surface area contributed by atoms with E-state index < -0.39 is 0 Å². The van der Waals surface area contributed by atoms with Crippen molar-refractivity contribution in [1.82, 2.24) is 0 Å². The summed E-state index contributed by atoms with van der Waals surface area (Å²) >= 11 is 0. The Balaban J connectivity index is 1.54. The van der Waals surface area contributed by atoms with Crippen molar-refractivity contribution in [1.29, 1.82) is 0 Å². The van der Waals surface area contributed by atoms with Gasteiger partial charge in [-0.2, -0.15) is 0 Å². The molecule has 0 heterocycles. The van der Waals surface area contributed by atoms with Gasteiger partial charge in [-0.15, -0.1) is 0 Å². The Kier molecular flexibility index (Phi) is 7.79. The smallest absolute Gasteiger partial charge is 0.127 e. The van der Waals surface area contributed by atoms with E-state index in [9.17, 15) is 0 Å². The summed E-state index contributed by atoms with van der Waals surface area (Å²) in [5.41, 5.74) is 20.5.